The highest BCUT2D eigenvalue weighted by atomic mass is 32.2. The molecule has 0 saturated heterocycles. The van der Waals surface area contributed by atoms with E-state index in [0.717, 1.165) is 25.7 Å². The lowest BCUT2D eigenvalue weighted by Crippen LogP contribution is -2.42. The molecule has 0 spiro atoms. The van der Waals surface area contributed by atoms with Gasteiger partial charge in [0, 0.05) is 6.54 Å². The van der Waals surface area contributed by atoms with Gasteiger partial charge >= 0.3 is 0 Å². The number of carbonyl (C=O) groups is 1. The van der Waals surface area contributed by atoms with Crippen molar-refractivity contribution in [2.75, 3.05) is 17.4 Å². The van der Waals surface area contributed by atoms with Gasteiger partial charge in [0.15, 0.2) is 0 Å². The van der Waals surface area contributed by atoms with Gasteiger partial charge in [-0.1, -0.05) is 69.5 Å². The lowest BCUT2D eigenvalue weighted by molar-refractivity contribution is -0.119. The van der Waals surface area contributed by atoms with Crippen molar-refractivity contribution in [3.63, 3.8) is 0 Å². The Kier molecular flexibility index (Phi) is 8.51. The molecular weight excluding hydrogens is 372 g/mol. The molecule has 1 amide bonds. The highest BCUT2D eigenvalue weighted by molar-refractivity contribution is 7.92. The molecule has 152 valence electrons. The fourth-order valence-electron chi connectivity index (χ4n) is 3.02. The summed E-state index contributed by atoms with van der Waals surface area (Å²) in [6.45, 7) is 4.59. The van der Waals surface area contributed by atoms with E-state index in [1.54, 1.807) is 54.6 Å². The topological polar surface area (TPSA) is 66.5 Å². The lowest BCUT2D eigenvalue weighted by Gasteiger charge is -2.24. The first-order valence-corrected chi connectivity index (χ1v) is 11.3. The number of hydrogen-bond acceptors (Lipinski definition) is 3. The van der Waals surface area contributed by atoms with E-state index in [4.69, 9.17) is 0 Å². The number of amides is 1. The summed E-state index contributed by atoms with van der Waals surface area (Å²) in [4.78, 5) is 12.7. The van der Waals surface area contributed by atoms with E-state index in [2.05, 4.69) is 19.2 Å². The number of unbranched alkanes of at least 4 members (excludes halogenated alkanes) is 1. The third-order valence-electron chi connectivity index (χ3n) is 4.79. The van der Waals surface area contributed by atoms with Gasteiger partial charge in [0.1, 0.15) is 6.54 Å². The van der Waals surface area contributed by atoms with E-state index in [0.29, 0.717) is 18.2 Å². The van der Waals surface area contributed by atoms with E-state index in [1.807, 2.05) is 6.07 Å². The summed E-state index contributed by atoms with van der Waals surface area (Å²) >= 11 is 0. The van der Waals surface area contributed by atoms with Crippen LogP contribution < -0.4 is 9.62 Å². The highest BCUT2D eigenvalue weighted by Crippen LogP contribution is 2.23. The Morgan fingerprint density at radius 3 is 2.18 bits per heavy atom. The minimum Gasteiger partial charge on any atom is -0.354 e. The van der Waals surface area contributed by atoms with Crippen LogP contribution in [0.25, 0.3) is 0 Å². The summed E-state index contributed by atoms with van der Waals surface area (Å²) in [6, 6.07) is 16.9. The largest absolute Gasteiger partial charge is 0.354 e. The Labute approximate surface area is 168 Å². The molecule has 0 heterocycles. The Morgan fingerprint density at radius 2 is 1.61 bits per heavy atom. The van der Waals surface area contributed by atoms with Gasteiger partial charge < -0.3 is 5.32 Å². The first-order valence-electron chi connectivity index (χ1n) is 9.88. The van der Waals surface area contributed by atoms with Crippen molar-refractivity contribution in [1.82, 2.24) is 5.32 Å². The van der Waals surface area contributed by atoms with E-state index in [-0.39, 0.29) is 17.3 Å². The van der Waals surface area contributed by atoms with Gasteiger partial charge in [0.05, 0.1) is 10.6 Å². The maximum Gasteiger partial charge on any atom is 0.264 e. The number of nitrogens with one attached hydrogen (secondary N) is 1. The van der Waals surface area contributed by atoms with Gasteiger partial charge in [-0.05, 0) is 36.6 Å². The van der Waals surface area contributed by atoms with Crippen molar-refractivity contribution in [2.45, 2.75) is 44.4 Å². The van der Waals surface area contributed by atoms with Crippen LogP contribution >= 0.6 is 0 Å². The molecule has 0 bridgehead atoms. The SMILES string of the molecule is CCCCC(CC)CNC(=O)CN(c1ccccc1)S(=O)(=O)c1ccccc1. The number of benzene rings is 2. The van der Waals surface area contributed by atoms with Gasteiger partial charge in [-0.15, -0.1) is 0 Å². The fraction of sp³-hybridized carbons (Fsp3) is 0.409. The quantitative estimate of drug-likeness (QED) is 0.612. The molecule has 2 aromatic carbocycles. The van der Waals surface area contributed by atoms with Crippen LogP contribution in [0.5, 0.6) is 0 Å². The van der Waals surface area contributed by atoms with Gasteiger partial charge in [0.2, 0.25) is 5.91 Å². The molecule has 1 atom stereocenters. The van der Waals surface area contributed by atoms with E-state index < -0.39 is 10.0 Å². The molecule has 1 unspecified atom stereocenters. The zero-order chi connectivity index (χ0) is 20.4. The van der Waals surface area contributed by atoms with Crippen molar-refractivity contribution in [1.29, 1.82) is 0 Å². The average Bonchev–Trinajstić information content (AvgIpc) is 2.73. The van der Waals surface area contributed by atoms with Crippen LogP contribution in [0.15, 0.2) is 65.6 Å². The standard InChI is InChI=1S/C22H30N2O3S/c1-3-5-12-19(4-2)17-23-22(25)18-24(20-13-8-6-9-14-20)28(26,27)21-15-10-7-11-16-21/h6-11,13-16,19H,3-5,12,17-18H2,1-2H3,(H,23,25). The molecule has 0 saturated carbocycles. The molecular formula is C22H30N2O3S. The molecule has 0 aliphatic carbocycles. The molecule has 2 rings (SSSR count). The Hall–Kier alpha value is -2.34. The third-order valence-corrected chi connectivity index (χ3v) is 6.58. The predicted octanol–water partition coefficient (Wildman–Crippen LogP) is 4.21. The second-order valence-electron chi connectivity index (χ2n) is 6.88. The summed E-state index contributed by atoms with van der Waals surface area (Å²) < 4.78 is 27.5. The third kappa shape index (κ3) is 6.09. The second kappa shape index (κ2) is 10.9. The van der Waals surface area contributed by atoms with Crippen molar-refractivity contribution < 1.29 is 13.2 Å². The van der Waals surface area contributed by atoms with Gasteiger partial charge in [-0.25, -0.2) is 8.42 Å². The van der Waals surface area contributed by atoms with Crippen LogP contribution in [-0.4, -0.2) is 27.4 Å². The summed E-state index contributed by atoms with van der Waals surface area (Å²) in [5.74, 6) is 0.123. The average molecular weight is 403 g/mol. The van der Waals surface area contributed by atoms with Crippen LogP contribution in [-0.2, 0) is 14.8 Å². The van der Waals surface area contributed by atoms with Crippen molar-refractivity contribution in [3.8, 4) is 0 Å². The number of carbonyl (C=O) groups excluding carboxylic acids is 1. The van der Waals surface area contributed by atoms with Crippen molar-refractivity contribution in [2.24, 2.45) is 5.92 Å². The molecule has 0 radical (unpaired) electrons. The van der Waals surface area contributed by atoms with Crippen LogP contribution in [0.1, 0.15) is 39.5 Å². The predicted molar refractivity (Wildman–Crippen MR) is 114 cm³/mol. The van der Waals surface area contributed by atoms with Gasteiger partial charge in [0.25, 0.3) is 10.0 Å². The van der Waals surface area contributed by atoms with Crippen LogP contribution in [0.3, 0.4) is 0 Å². The Balaban J connectivity index is 2.16. The summed E-state index contributed by atoms with van der Waals surface area (Å²) in [5.41, 5.74) is 0.472. The number of hydrogen-bond donors (Lipinski definition) is 1. The van der Waals surface area contributed by atoms with Gasteiger partial charge in [-0.2, -0.15) is 0 Å². The van der Waals surface area contributed by atoms with Crippen molar-refractivity contribution in [3.05, 3.63) is 60.7 Å². The van der Waals surface area contributed by atoms with Crippen LogP contribution in [0.2, 0.25) is 0 Å². The minimum atomic E-state index is -3.83. The molecule has 0 fully saturated rings. The van der Waals surface area contributed by atoms with E-state index in [1.165, 1.54) is 4.31 Å². The molecule has 6 heteroatoms. The number of anilines is 1. The van der Waals surface area contributed by atoms with Crippen LogP contribution in [0, 0.1) is 5.92 Å². The summed E-state index contributed by atoms with van der Waals surface area (Å²) in [6.07, 6.45) is 4.32. The molecule has 2 aromatic rings. The zero-order valence-corrected chi connectivity index (χ0v) is 17.5. The van der Waals surface area contributed by atoms with Crippen LogP contribution in [0.4, 0.5) is 5.69 Å². The first-order chi connectivity index (χ1) is 13.5. The van der Waals surface area contributed by atoms with Crippen molar-refractivity contribution >= 4 is 21.6 Å². The number of sulfonamides is 1. The Bertz CT molecular complexity index is 823. The second-order valence-corrected chi connectivity index (χ2v) is 8.74. The summed E-state index contributed by atoms with van der Waals surface area (Å²) in [5, 5.41) is 2.92. The normalized spacial score (nSPS) is 12.4. The maximum atomic E-state index is 13.1. The lowest BCUT2D eigenvalue weighted by atomic mass is 9.99. The molecule has 0 aromatic heterocycles. The minimum absolute atomic E-state index is 0.168. The number of nitrogens with zero attached hydrogens (tertiary/aromatic N) is 1. The molecule has 28 heavy (non-hydrogen) atoms. The maximum absolute atomic E-state index is 13.1. The molecule has 0 aliphatic heterocycles. The van der Waals surface area contributed by atoms with Gasteiger partial charge in [-0.3, -0.25) is 9.10 Å². The van der Waals surface area contributed by atoms with E-state index >= 15 is 0 Å². The fourth-order valence-corrected chi connectivity index (χ4v) is 4.46. The Morgan fingerprint density at radius 1 is 1.00 bits per heavy atom. The van der Waals surface area contributed by atoms with E-state index in [9.17, 15) is 13.2 Å². The monoisotopic (exact) mass is 402 g/mol. The highest BCUT2D eigenvalue weighted by Gasteiger charge is 2.27. The number of rotatable bonds is 11. The molecule has 1 N–H and O–H groups in total. The zero-order valence-electron chi connectivity index (χ0n) is 16.7. The summed E-state index contributed by atoms with van der Waals surface area (Å²) in [7, 11) is -3.83. The molecule has 0 aliphatic rings. The first kappa shape index (κ1) is 22.0. The number of para-hydroxylation sites is 1. The molecule has 5 nitrogen and oxygen atoms in total. The smallest absolute Gasteiger partial charge is 0.264 e.